The minimum Gasteiger partial charge on any atom is -1.00 e. The average molecular weight is 1350 g/mol. The fraction of sp³-hybridized carbons (Fsp3) is 0.211. The summed E-state index contributed by atoms with van der Waals surface area (Å²) >= 11 is 0. The molecule has 0 aliphatic carbocycles. The number of nitrogens with zero attached hydrogens (tertiary/aromatic N) is 8. The number of hydrogen-bond acceptors (Lipinski definition) is 10. The van der Waals surface area contributed by atoms with Crippen LogP contribution in [-0.4, -0.2) is 140 Å². The summed E-state index contributed by atoms with van der Waals surface area (Å²) < 4.78 is 3.70. The Hall–Kier alpha value is -10.9. The van der Waals surface area contributed by atoms with Crippen LogP contribution in [0.5, 0.6) is 0 Å². The number of rotatable bonds is 2. The Balaban J connectivity index is 0.00000457. The van der Waals surface area contributed by atoms with Crippen LogP contribution in [0, 0.1) is 0 Å². The van der Waals surface area contributed by atoms with E-state index in [1.807, 2.05) is 194 Å². The summed E-state index contributed by atoms with van der Waals surface area (Å²) in [6.07, 6.45) is 15.1. The van der Waals surface area contributed by atoms with E-state index >= 15 is 0 Å². The molecule has 6 aliphatic heterocycles. The van der Waals surface area contributed by atoms with Crippen LogP contribution in [0.1, 0.15) is 69.2 Å². The maximum absolute atomic E-state index is 14.9. The molecule has 0 atom stereocenters. The van der Waals surface area contributed by atoms with Crippen molar-refractivity contribution >= 4 is 105 Å². The Labute approximate surface area is 579 Å². The summed E-state index contributed by atoms with van der Waals surface area (Å²) in [4.78, 5) is 116. The van der Waals surface area contributed by atoms with E-state index < -0.39 is 0 Å². The van der Waals surface area contributed by atoms with Crippen LogP contribution in [0.25, 0.3) is 90.9 Å². The largest absolute Gasteiger partial charge is 1.00 e. The van der Waals surface area contributed by atoms with Crippen LogP contribution in [0.15, 0.2) is 170 Å². The number of H-pyrrole nitrogens is 2. The molecule has 14 bridgehead atoms. The zero-order chi connectivity index (χ0) is 65.8. The maximum Gasteiger partial charge on any atom is 0.254 e. The van der Waals surface area contributed by atoms with Crippen molar-refractivity contribution in [1.82, 2.24) is 39.5 Å². The zero-order valence-corrected chi connectivity index (χ0v) is 55.7. The molecule has 0 fully saturated rings. The molecule has 11 heterocycles. The van der Waals surface area contributed by atoms with Crippen molar-refractivity contribution in [2.24, 2.45) is 14.1 Å². The van der Waals surface area contributed by atoms with Gasteiger partial charge in [0, 0.05) is 205 Å². The van der Waals surface area contributed by atoms with E-state index in [1.165, 1.54) is 0 Å². The van der Waals surface area contributed by atoms with Crippen LogP contribution in [0.4, 0.5) is 22.7 Å². The van der Waals surface area contributed by atoms with E-state index in [0.29, 0.717) is 149 Å². The van der Waals surface area contributed by atoms with Gasteiger partial charge in [0.15, 0.2) is 24.8 Å². The lowest BCUT2D eigenvalue weighted by molar-refractivity contribution is -0.671. The molecule has 98 heavy (non-hydrogen) atoms. The van der Waals surface area contributed by atoms with Crippen LogP contribution >= 0.6 is 0 Å². The van der Waals surface area contributed by atoms with Gasteiger partial charge >= 0.3 is 0 Å². The van der Waals surface area contributed by atoms with E-state index in [2.05, 4.69) is 41.0 Å². The Bertz CT molecular complexity index is 4540. The first-order valence-electron chi connectivity index (χ1n) is 32.5. The number of carbonyl (C=O) groups excluding carboxylic acids is 6. The molecule has 0 spiro atoms. The first-order chi connectivity index (χ1) is 46.8. The summed E-state index contributed by atoms with van der Waals surface area (Å²) in [6, 6.07) is 45.6. The van der Waals surface area contributed by atoms with Crippen molar-refractivity contribution in [2.75, 3.05) is 86.7 Å². The van der Waals surface area contributed by atoms with Gasteiger partial charge < -0.3 is 70.7 Å². The Morgan fingerprint density at radius 3 is 0.918 bits per heavy atom. The van der Waals surface area contributed by atoms with E-state index in [0.717, 1.165) is 0 Å². The van der Waals surface area contributed by atoms with Crippen molar-refractivity contribution in [3.63, 3.8) is 0 Å². The first-order valence-corrected chi connectivity index (χ1v) is 32.5. The SMILES string of the molecule is C[n+]1ccc(C(=O)N2CCC(=O)Nc3ccccc3-c3c4nc(c5c6ccc([nH]6)c6c7nc(c(c8ccc3[nH]8)-c3ccccc3NC(=O)CCN(CCC(=O)Nc3ccccc3-6)CCN(CC2)CCN(C(=O)c2cc[n+](C)cc2)CCC(=O)Nc2ccccc2-5)C=C7)C=C4)cc1.[Cl-].[Cl-]. The van der Waals surface area contributed by atoms with Crippen molar-refractivity contribution in [3.8, 4) is 44.5 Å². The van der Waals surface area contributed by atoms with Crippen molar-refractivity contribution < 1.29 is 62.7 Å². The second-order valence-corrected chi connectivity index (χ2v) is 24.6. The van der Waals surface area contributed by atoms with Gasteiger partial charge in [-0.2, -0.15) is 0 Å². The highest BCUT2D eigenvalue weighted by molar-refractivity contribution is 6.08. The number of aromatic amines is 2. The Morgan fingerprint density at radius 2 is 0.612 bits per heavy atom. The number of nitrogens with one attached hydrogen (secondary N) is 6. The third-order valence-corrected chi connectivity index (χ3v) is 18.3. The molecule has 0 saturated carbocycles. The van der Waals surface area contributed by atoms with E-state index in [1.54, 1.807) is 34.1 Å². The fourth-order valence-electron chi connectivity index (χ4n) is 13.2. The predicted octanol–water partition coefficient (Wildman–Crippen LogP) is 4.22. The summed E-state index contributed by atoms with van der Waals surface area (Å²) in [7, 11) is 3.75. The lowest BCUT2D eigenvalue weighted by atomic mass is 10.0. The van der Waals surface area contributed by atoms with Crippen molar-refractivity contribution in [2.45, 2.75) is 25.7 Å². The van der Waals surface area contributed by atoms with Crippen LogP contribution in [0.3, 0.4) is 0 Å². The molecule has 6 amide bonds. The topological polar surface area (TPSA) is 229 Å². The van der Waals surface area contributed by atoms with E-state index in [-0.39, 0.29) is 125 Å². The van der Waals surface area contributed by atoms with Gasteiger partial charge in [-0.25, -0.2) is 19.1 Å². The third-order valence-electron chi connectivity index (χ3n) is 18.3. The van der Waals surface area contributed by atoms with Crippen LogP contribution in [0.2, 0.25) is 0 Å². The lowest BCUT2D eigenvalue weighted by Crippen LogP contribution is -3.00. The third kappa shape index (κ3) is 14.4. The summed E-state index contributed by atoms with van der Waals surface area (Å²) in [6.45, 7) is 2.31. The molecule has 22 heteroatoms. The highest BCUT2D eigenvalue weighted by atomic mass is 35.5. The van der Waals surface area contributed by atoms with Gasteiger partial charge in [0.05, 0.1) is 33.9 Å². The highest BCUT2D eigenvalue weighted by Gasteiger charge is 2.28. The molecule has 0 saturated heterocycles. The number of aromatic nitrogens is 6. The minimum atomic E-state index is -0.322. The van der Waals surface area contributed by atoms with Gasteiger partial charge in [0.25, 0.3) is 11.8 Å². The summed E-state index contributed by atoms with van der Waals surface area (Å²) in [5, 5.41) is 13.1. The number of halogens is 2. The summed E-state index contributed by atoms with van der Waals surface area (Å²) in [5.74, 6) is -1.68. The quantitative estimate of drug-likeness (QED) is 0.135. The molecule has 0 radical (unpaired) electrons. The number of carbonyl (C=O) groups is 6. The van der Waals surface area contributed by atoms with E-state index in [4.69, 9.17) is 9.97 Å². The number of benzene rings is 4. The minimum absolute atomic E-state index is 0. The molecule has 496 valence electrons. The normalized spacial score (nSPS) is 16.7. The van der Waals surface area contributed by atoms with Gasteiger partial charge in [-0.15, -0.1) is 0 Å². The van der Waals surface area contributed by atoms with Crippen molar-refractivity contribution in [1.29, 1.82) is 0 Å². The van der Waals surface area contributed by atoms with Gasteiger partial charge in [-0.05, 0) is 72.8 Å². The number of para-hydroxylation sites is 4. The fourth-order valence-corrected chi connectivity index (χ4v) is 13.2. The van der Waals surface area contributed by atoms with Gasteiger partial charge in [-0.1, -0.05) is 72.8 Å². The van der Waals surface area contributed by atoms with Gasteiger partial charge in [-0.3, -0.25) is 33.7 Å². The van der Waals surface area contributed by atoms with Crippen LogP contribution in [-0.2, 0) is 33.3 Å². The molecule has 5 aromatic heterocycles. The molecule has 9 aromatic rings. The number of hydrogen-bond donors (Lipinski definition) is 6. The zero-order valence-electron chi connectivity index (χ0n) is 54.2. The number of pyridine rings is 2. The van der Waals surface area contributed by atoms with Gasteiger partial charge in [0.1, 0.15) is 14.1 Å². The second kappa shape index (κ2) is 29.6. The number of anilines is 4. The molecular weight excluding hydrogens is 1280 g/mol. The maximum atomic E-state index is 14.9. The van der Waals surface area contributed by atoms with E-state index in [9.17, 15) is 28.8 Å². The average Bonchev–Trinajstić information content (AvgIpc) is 1.61. The molecule has 15 rings (SSSR count). The molecule has 6 aliphatic rings. The number of aryl methyl sites for hydroxylation is 2. The summed E-state index contributed by atoms with van der Waals surface area (Å²) in [5.41, 5.74) is 13.2. The molecule has 4 aromatic carbocycles. The molecule has 6 N–H and O–H groups in total. The Kier molecular flexibility index (Phi) is 20.3. The molecular formula is C76H72Cl2N14O6. The predicted molar refractivity (Wildman–Crippen MR) is 374 cm³/mol. The monoisotopic (exact) mass is 1350 g/mol. The standard InChI is InChI=1S/C76H70N14O6.2ClH/c1-85-35-27-49(28-36-85)75(95)89-41-33-69(93)83-57-17-9-5-13-53(57)73-63-23-21-61(78-63)71-51-11-3-7-15-55(51)81-67(91)31-39-87-40-32-68(92)82-56-16-8-4-12-52(56)72(60-20-19-59(71)77-60)62-22-24-64(79-62)74(66-26-25-65(73)80-66)54-14-6-10-18-58(54)84-70(94)34-42-90(48-46-88(44-43-87)45-47-89)76(96)50-29-37-86(2)38-30-50;;/h3-30,35-38H,31-34,39-48H2,1-2H3,(H4-,77,78,79,80,81,82,83,84,91,92,93,94,95);2*1H. The number of amides is 6. The smallest absolute Gasteiger partial charge is 0.254 e. The first kappa shape index (κ1) is 67.1. The van der Waals surface area contributed by atoms with Crippen molar-refractivity contribution in [3.05, 3.63) is 204 Å². The highest BCUT2D eigenvalue weighted by Crippen LogP contribution is 2.43. The molecule has 0 unspecified atom stereocenters. The lowest BCUT2D eigenvalue weighted by Gasteiger charge is -2.32. The Morgan fingerprint density at radius 1 is 0.347 bits per heavy atom. The second-order valence-electron chi connectivity index (χ2n) is 24.6. The number of fused-ring (bicyclic) bond motifs is 19. The molecule has 20 nitrogen and oxygen atoms in total. The van der Waals surface area contributed by atoms with Gasteiger partial charge in [0.2, 0.25) is 23.6 Å². The van der Waals surface area contributed by atoms with Crippen LogP contribution < -0.4 is 55.2 Å².